The van der Waals surface area contributed by atoms with Crippen LogP contribution in [0.1, 0.15) is 55.3 Å². The van der Waals surface area contributed by atoms with Gasteiger partial charge in [-0.05, 0) is 56.2 Å². The Kier molecular flexibility index (Phi) is 3.47. The molecule has 1 heterocycles. The first-order valence-corrected chi connectivity index (χ1v) is 7.69. The Labute approximate surface area is 124 Å². The van der Waals surface area contributed by atoms with Gasteiger partial charge < -0.3 is 9.67 Å². The van der Waals surface area contributed by atoms with Crippen LogP contribution in [0.25, 0.3) is 11.0 Å². The third-order valence-corrected chi connectivity index (χ3v) is 5.05. The molecule has 3 unspecified atom stereocenters. The molecular formula is C17H22N2O2. The molecule has 3 rings (SSSR count). The predicted octanol–water partition coefficient (Wildman–Crippen LogP) is 4.04. The standard InChI is InChI=1S/C17H22N2O2/c1-10-4-6-14(8-11(10)2)19-12(3)18-15-7-5-13(17(20)21)9-16(15)19/h5,7,9-11,14H,4,6,8H2,1-3H3,(H,20,21). The van der Waals surface area contributed by atoms with Gasteiger partial charge in [0.25, 0.3) is 0 Å². The summed E-state index contributed by atoms with van der Waals surface area (Å²) in [6, 6.07) is 5.65. The molecule has 0 bridgehead atoms. The van der Waals surface area contributed by atoms with Gasteiger partial charge in [-0.2, -0.15) is 0 Å². The zero-order valence-corrected chi connectivity index (χ0v) is 12.8. The summed E-state index contributed by atoms with van der Waals surface area (Å²) in [7, 11) is 0. The zero-order valence-electron chi connectivity index (χ0n) is 12.8. The second-order valence-corrected chi connectivity index (χ2v) is 6.46. The lowest BCUT2D eigenvalue weighted by atomic mass is 9.79. The molecule has 2 aromatic rings. The van der Waals surface area contributed by atoms with Gasteiger partial charge in [-0.1, -0.05) is 13.8 Å². The molecule has 4 nitrogen and oxygen atoms in total. The maximum Gasteiger partial charge on any atom is 0.335 e. The largest absolute Gasteiger partial charge is 0.478 e. The summed E-state index contributed by atoms with van der Waals surface area (Å²) in [6.45, 7) is 6.65. The molecule has 1 saturated carbocycles. The lowest BCUT2D eigenvalue weighted by molar-refractivity contribution is 0.0697. The number of fused-ring (bicyclic) bond motifs is 1. The van der Waals surface area contributed by atoms with Crippen molar-refractivity contribution >= 4 is 17.0 Å². The van der Waals surface area contributed by atoms with Crippen molar-refractivity contribution in [2.75, 3.05) is 0 Å². The number of aromatic carboxylic acids is 1. The predicted molar refractivity (Wildman–Crippen MR) is 82.6 cm³/mol. The maximum absolute atomic E-state index is 11.2. The minimum atomic E-state index is -0.882. The van der Waals surface area contributed by atoms with Crippen LogP contribution >= 0.6 is 0 Å². The molecule has 1 aliphatic rings. The van der Waals surface area contributed by atoms with Crippen LogP contribution in [0.15, 0.2) is 18.2 Å². The van der Waals surface area contributed by atoms with Crippen LogP contribution in [0.2, 0.25) is 0 Å². The highest BCUT2D eigenvalue weighted by atomic mass is 16.4. The Bertz CT molecular complexity index is 689. The average molecular weight is 286 g/mol. The van der Waals surface area contributed by atoms with Crippen LogP contribution in [-0.2, 0) is 0 Å². The number of hydrogen-bond donors (Lipinski definition) is 1. The number of rotatable bonds is 2. The summed E-state index contributed by atoms with van der Waals surface area (Å²) in [4.78, 5) is 15.8. The topological polar surface area (TPSA) is 55.1 Å². The molecule has 4 heteroatoms. The number of hydrogen-bond acceptors (Lipinski definition) is 2. The average Bonchev–Trinajstić information content (AvgIpc) is 2.77. The Hall–Kier alpha value is -1.84. The Morgan fingerprint density at radius 1 is 1.29 bits per heavy atom. The summed E-state index contributed by atoms with van der Waals surface area (Å²) < 4.78 is 2.25. The van der Waals surface area contributed by atoms with Crippen LogP contribution in [-0.4, -0.2) is 20.6 Å². The summed E-state index contributed by atoms with van der Waals surface area (Å²) >= 11 is 0. The number of carboxylic acids is 1. The maximum atomic E-state index is 11.2. The highest BCUT2D eigenvalue weighted by Gasteiger charge is 2.27. The van der Waals surface area contributed by atoms with Gasteiger partial charge in [-0.15, -0.1) is 0 Å². The minimum Gasteiger partial charge on any atom is -0.478 e. The Morgan fingerprint density at radius 2 is 2.05 bits per heavy atom. The van der Waals surface area contributed by atoms with Crippen molar-refractivity contribution in [2.24, 2.45) is 11.8 Å². The number of carboxylic acid groups (broad SMARTS) is 1. The van der Waals surface area contributed by atoms with Gasteiger partial charge in [0, 0.05) is 6.04 Å². The van der Waals surface area contributed by atoms with Crippen molar-refractivity contribution in [1.82, 2.24) is 9.55 Å². The number of benzene rings is 1. The van der Waals surface area contributed by atoms with Crippen molar-refractivity contribution in [3.05, 3.63) is 29.6 Å². The van der Waals surface area contributed by atoms with Gasteiger partial charge in [0.1, 0.15) is 5.82 Å². The molecule has 1 aromatic heterocycles. The van der Waals surface area contributed by atoms with E-state index in [0.29, 0.717) is 17.5 Å². The summed E-state index contributed by atoms with van der Waals surface area (Å²) in [5.74, 6) is 1.57. The van der Waals surface area contributed by atoms with Gasteiger partial charge in [-0.3, -0.25) is 0 Å². The number of carbonyl (C=O) groups is 1. The summed E-state index contributed by atoms with van der Waals surface area (Å²) in [5, 5.41) is 9.20. The number of imidazole rings is 1. The van der Waals surface area contributed by atoms with Crippen LogP contribution < -0.4 is 0 Å². The van der Waals surface area contributed by atoms with E-state index in [1.807, 2.05) is 13.0 Å². The Balaban J connectivity index is 2.06. The fraction of sp³-hybridized carbons (Fsp3) is 0.529. The third kappa shape index (κ3) is 2.43. The lowest BCUT2D eigenvalue weighted by Gasteiger charge is -2.33. The second-order valence-electron chi connectivity index (χ2n) is 6.46. The van der Waals surface area contributed by atoms with E-state index in [1.54, 1.807) is 12.1 Å². The van der Waals surface area contributed by atoms with Gasteiger partial charge in [0.05, 0.1) is 16.6 Å². The van der Waals surface area contributed by atoms with E-state index >= 15 is 0 Å². The molecule has 3 atom stereocenters. The summed E-state index contributed by atoms with van der Waals surface area (Å²) in [6.07, 6.45) is 3.52. The monoisotopic (exact) mass is 286 g/mol. The number of aromatic nitrogens is 2. The number of aryl methyl sites for hydroxylation is 1. The van der Waals surface area contributed by atoms with Gasteiger partial charge in [0.2, 0.25) is 0 Å². The Morgan fingerprint density at radius 3 is 2.71 bits per heavy atom. The van der Waals surface area contributed by atoms with E-state index in [4.69, 9.17) is 0 Å². The van der Waals surface area contributed by atoms with Crippen LogP contribution in [0, 0.1) is 18.8 Å². The molecule has 0 saturated heterocycles. The van der Waals surface area contributed by atoms with E-state index in [9.17, 15) is 9.90 Å². The molecule has 0 aliphatic heterocycles. The molecule has 1 aliphatic carbocycles. The van der Waals surface area contributed by atoms with Crippen molar-refractivity contribution in [2.45, 2.75) is 46.1 Å². The molecule has 0 radical (unpaired) electrons. The van der Waals surface area contributed by atoms with Crippen molar-refractivity contribution in [3.63, 3.8) is 0 Å². The van der Waals surface area contributed by atoms with Crippen LogP contribution in [0.5, 0.6) is 0 Å². The SMILES string of the molecule is Cc1nc2ccc(C(=O)O)cc2n1C1CCC(C)C(C)C1. The molecule has 1 aromatic carbocycles. The first-order valence-electron chi connectivity index (χ1n) is 7.69. The molecule has 0 amide bonds. The van der Waals surface area contributed by atoms with E-state index in [0.717, 1.165) is 35.6 Å². The fourth-order valence-electron chi connectivity index (χ4n) is 3.56. The van der Waals surface area contributed by atoms with Crippen LogP contribution in [0.3, 0.4) is 0 Å². The fourth-order valence-corrected chi connectivity index (χ4v) is 3.56. The molecule has 1 fully saturated rings. The van der Waals surface area contributed by atoms with E-state index in [2.05, 4.69) is 23.4 Å². The molecule has 1 N–H and O–H groups in total. The highest BCUT2D eigenvalue weighted by molar-refractivity contribution is 5.92. The lowest BCUT2D eigenvalue weighted by Crippen LogP contribution is -2.24. The van der Waals surface area contributed by atoms with E-state index in [-0.39, 0.29) is 0 Å². The highest BCUT2D eigenvalue weighted by Crippen LogP contribution is 2.38. The summed E-state index contributed by atoms with van der Waals surface area (Å²) in [5.41, 5.74) is 2.18. The van der Waals surface area contributed by atoms with Crippen molar-refractivity contribution in [1.29, 1.82) is 0 Å². The molecule has 112 valence electrons. The minimum absolute atomic E-state index is 0.334. The van der Waals surface area contributed by atoms with Crippen LogP contribution in [0.4, 0.5) is 0 Å². The van der Waals surface area contributed by atoms with Gasteiger partial charge in [-0.25, -0.2) is 9.78 Å². The number of nitrogens with zero attached hydrogens (tertiary/aromatic N) is 2. The molecule has 0 spiro atoms. The van der Waals surface area contributed by atoms with E-state index in [1.165, 1.54) is 6.42 Å². The normalized spacial score (nSPS) is 26.1. The van der Waals surface area contributed by atoms with Crippen molar-refractivity contribution < 1.29 is 9.90 Å². The molecular weight excluding hydrogens is 264 g/mol. The van der Waals surface area contributed by atoms with Gasteiger partial charge >= 0.3 is 5.97 Å². The first kappa shape index (κ1) is 14.1. The van der Waals surface area contributed by atoms with E-state index < -0.39 is 5.97 Å². The van der Waals surface area contributed by atoms with Crippen molar-refractivity contribution in [3.8, 4) is 0 Å². The first-order chi connectivity index (χ1) is 9.97. The second kappa shape index (κ2) is 5.17. The quantitative estimate of drug-likeness (QED) is 0.906. The van der Waals surface area contributed by atoms with Gasteiger partial charge in [0.15, 0.2) is 0 Å². The zero-order chi connectivity index (χ0) is 15.1. The third-order valence-electron chi connectivity index (χ3n) is 5.05. The smallest absolute Gasteiger partial charge is 0.335 e. The molecule has 21 heavy (non-hydrogen) atoms.